The average molecular weight is 553 g/mol. The molecule has 5 aromatic carbocycles. The molecule has 0 aliphatic rings. The SMILES string of the molecule is Nc1ccc(CNc2ccc3c(O)c(N=Nc4ccc(N=Nc5ccccc5S(=O)(=O)O)cc4)ccc3c2)cc1. The van der Waals surface area contributed by atoms with Crippen LogP contribution in [0.5, 0.6) is 5.75 Å². The number of benzene rings is 5. The van der Waals surface area contributed by atoms with E-state index in [0.717, 1.165) is 22.3 Å². The Morgan fingerprint density at radius 3 is 2.05 bits per heavy atom. The van der Waals surface area contributed by atoms with Gasteiger partial charge in [0.2, 0.25) is 0 Å². The molecule has 0 aliphatic carbocycles. The first-order valence-electron chi connectivity index (χ1n) is 12.1. The summed E-state index contributed by atoms with van der Waals surface area (Å²) in [6.45, 7) is 0.641. The molecule has 0 heterocycles. The fourth-order valence-corrected chi connectivity index (χ4v) is 4.52. The molecular formula is C29H24N6O4S. The lowest BCUT2D eigenvalue weighted by molar-refractivity contribution is 0.482. The van der Waals surface area contributed by atoms with Gasteiger partial charge in [-0.1, -0.05) is 30.3 Å². The third-order valence-corrected chi connectivity index (χ3v) is 6.89. The van der Waals surface area contributed by atoms with Crippen LogP contribution in [0.3, 0.4) is 0 Å². The van der Waals surface area contributed by atoms with Gasteiger partial charge in [0.1, 0.15) is 16.3 Å². The van der Waals surface area contributed by atoms with E-state index >= 15 is 0 Å². The Morgan fingerprint density at radius 2 is 1.38 bits per heavy atom. The van der Waals surface area contributed by atoms with Crippen molar-refractivity contribution in [2.45, 2.75) is 11.4 Å². The van der Waals surface area contributed by atoms with Crippen molar-refractivity contribution in [2.24, 2.45) is 20.5 Å². The Labute approximate surface area is 230 Å². The molecule has 5 aromatic rings. The molecule has 200 valence electrons. The minimum atomic E-state index is -4.42. The lowest BCUT2D eigenvalue weighted by Gasteiger charge is -2.09. The van der Waals surface area contributed by atoms with Crippen LogP contribution < -0.4 is 11.1 Å². The van der Waals surface area contributed by atoms with Gasteiger partial charge in [0.15, 0.2) is 5.75 Å². The standard InChI is InChI=1S/C29H24N6O4S/c30-21-8-5-19(6-9-21)18-31-24-14-15-25-20(17-24)7-16-27(29(25)36)35-33-23-12-10-22(11-13-23)32-34-26-3-1-2-4-28(26)40(37,38)39/h1-17,31,36H,18,30H2,(H,37,38,39). The number of aromatic hydroxyl groups is 1. The van der Waals surface area contributed by atoms with Crippen LogP contribution in [0.15, 0.2) is 128 Å². The molecule has 11 heteroatoms. The van der Waals surface area contributed by atoms with Crippen LogP contribution in [-0.4, -0.2) is 18.1 Å². The normalized spacial score (nSPS) is 11.9. The fourth-order valence-electron chi connectivity index (χ4n) is 3.90. The number of nitrogens with two attached hydrogens (primary N) is 1. The van der Waals surface area contributed by atoms with E-state index < -0.39 is 10.1 Å². The lowest BCUT2D eigenvalue weighted by atomic mass is 10.1. The molecule has 0 spiro atoms. The van der Waals surface area contributed by atoms with Crippen molar-refractivity contribution in [3.63, 3.8) is 0 Å². The van der Waals surface area contributed by atoms with Gasteiger partial charge >= 0.3 is 0 Å². The van der Waals surface area contributed by atoms with Crippen molar-refractivity contribution in [3.8, 4) is 5.75 Å². The van der Waals surface area contributed by atoms with Gasteiger partial charge in [-0.3, -0.25) is 4.55 Å². The Kier molecular flexibility index (Phi) is 7.49. The average Bonchev–Trinajstić information content (AvgIpc) is 2.95. The van der Waals surface area contributed by atoms with Crippen LogP contribution in [0, 0.1) is 0 Å². The predicted molar refractivity (Wildman–Crippen MR) is 155 cm³/mol. The highest BCUT2D eigenvalue weighted by molar-refractivity contribution is 7.86. The van der Waals surface area contributed by atoms with Crippen molar-refractivity contribution in [1.82, 2.24) is 0 Å². The first-order valence-corrected chi connectivity index (χ1v) is 13.5. The molecule has 5 rings (SSSR count). The van der Waals surface area contributed by atoms with Gasteiger partial charge in [0.05, 0.1) is 11.4 Å². The smallest absolute Gasteiger partial charge is 0.296 e. The number of fused-ring (bicyclic) bond motifs is 1. The number of hydrogen-bond donors (Lipinski definition) is 4. The molecule has 40 heavy (non-hydrogen) atoms. The molecule has 0 fully saturated rings. The summed E-state index contributed by atoms with van der Waals surface area (Å²) in [5, 5.41) is 32.0. The van der Waals surface area contributed by atoms with E-state index in [9.17, 15) is 18.1 Å². The maximum absolute atomic E-state index is 11.5. The summed E-state index contributed by atoms with van der Waals surface area (Å²) in [5.74, 6) is 0.0225. The monoisotopic (exact) mass is 552 g/mol. The van der Waals surface area contributed by atoms with Gasteiger partial charge in [-0.05, 0) is 83.7 Å². The molecule has 0 saturated heterocycles. The molecule has 0 saturated carbocycles. The summed E-state index contributed by atoms with van der Waals surface area (Å²) in [5.41, 5.74) is 9.77. The maximum atomic E-state index is 11.5. The van der Waals surface area contributed by atoms with E-state index in [-0.39, 0.29) is 16.3 Å². The number of rotatable bonds is 8. The number of azo groups is 2. The molecule has 0 amide bonds. The van der Waals surface area contributed by atoms with Gasteiger partial charge in [-0.2, -0.15) is 18.6 Å². The Hall–Kier alpha value is -5.13. The van der Waals surface area contributed by atoms with Crippen molar-refractivity contribution in [2.75, 3.05) is 11.1 Å². The summed E-state index contributed by atoms with van der Waals surface area (Å²) in [7, 11) is -4.42. The quantitative estimate of drug-likeness (QED) is 0.0871. The molecule has 0 aliphatic heterocycles. The highest BCUT2D eigenvalue weighted by Gasteiger charge is 2.14. The number of hydrogen-bond acceptors (Lipinski definition) is 9. The van der Waals surface area contributed by atoms with Crippen LogP contribution in [0.25, 0.3) is 10.8 Å². The Bertz CT molecular complexity index is 1840. The fraction of sp³-hybridized carbons (Fsp3) is 0.0345. The Morgan fingerprint density at radius 1 is 0.725 bits per heavy atom. The maximum Gasteiger partial charge on any atom is 0.296 e. The highest BCUT2D eigenvalue weighted by Crippen LogP contribution is 2.37. The van der Waals surface area contributed by atoms with E-state index in [1.165, 1.54) is 18.2 Å². The Balaban J connectivity index is 1.27. The molecule has 0 unspecified atom stereocenters. The second-order valence-corrected chi connectivity index (χ2v) is 10.2. The summed E-state index contributed by atoms with van der Waals surface area (Å²) in [6, 6.07) is 29.2. The van der Waals surface area contributed by atoms with Gasteiger partial charge in [-0.25, -0.2) is 0 Å². The topological polar surface area (TPSA) is 162 Å². The molecule has 0 atom stereocenters. The third-order valence-electron chi connectivity index (χ3n) is 5.99. The zero-order valence-corrected chi connectivity index (χ0v) is 21.8. The summed E-state index contributed by atoms with van der Waals surface area (Å²) in [6.07, 6.45) is 0. The van der Waals surface area contributed by atoms with E-state index in [0.29, 0.717) is 29.0 Å². The molecular weight excluding hydrogens is 528 g/mol. The van der Waals surface area contributed by atoms with E-state index in [4.69, 9.17) is 5.73 Å². The van der Waals surface area contributed by atoms with Crippen molar-refractivity contribution in [3.05, 3.63) is 109 Å². The minimum Gasteiger partial charge on any atom is -0.505 e. The van der Waals surface area contributed by atoms with Crippen molar-refractivity contribution >= 4 is 55.0 Å². The predicted octanol–water partition coefficient (Wildman–Crippen LogP) is 7.82. The summed E-state index contributed by atoms with van der Waals surface area (Å²) >= 11 is 0. The zero-order chi connectivity index (χ0) is 28.1. The highest BCUT2D eigenvalue weighted by atomic mass is 32.2. The summed E-state index contributed by atoms with van der Waals surface area (Å²) < 4.78 is 32.3. The summed E-state index contributed by atoms with van der Waals surface area (Å²) in [4.78, 5) is -0.329. The van der Waals surface area contributed by atoms with Crippen molar-refractivity contribution < 1.29 is 18.1 Å². The second kappa shape index (κ2) is 11.3. The molecule has 5 N–H and O–H groups in total. The number of nitrogen functional groups attached to an aromatic ring is 1. The largest absolute Gasteiger partial charge is 0.505 e. The zero-order valence-electron chi connectivity index (χ0n) is 21.0. The number of phenols is 1. The molecule has 0 bridgehead atoms. The van der Waals surface area contributed by atoms with Gasteiger partial charge in [0.25, 0.3) is 10.1 Å². The second-order valence-electron chi connectivity index (χ2n) is 8.82. The lowest BCUT2D eigenvalue weighted by Crippen LogP contribution is -1.99. The van der Waals surface area contributed by atoms with E-state index in [1.807, 2.05) is 48.5 Å². The third kappa shape index (κ3) is 6.29. The van der Waals surface area contributed by atoms with Crippen LogP contribution in [-0.2, 0) is 16.7 Å². The van der Waals surface area contributed by atoms with Crippen LogP contribution in [0.4, 0.5) is 34.1 Å². The number of phenolic OH excluding ortho intramolecular Hbond substituents is 1. The van der Waals surface area contributed by atoms with Crippen LogP contribution in [0.2, 0.25) is 0 Å². The number of anilines is 2. The van der Waals surface area contributed by atoms with Gasteiger partial charge < -0.3 is 16.2 Å². The molecule has 0 radical (unpaired) electrons. The van der Waals surface area contributed by atoms with Crippen molar-refractivity contribution in [1.29, 1.82) is 0 Å². The van der Waals surface area contributed by atoms with Crippen LogP contribution >= 0.6 is 0 Å². The van der Waals surface area contributed by atoms with Gasteiger partial charge in [0, 0.05) is 23.3 Å². The van der Waals surface area contributed by atoms with E-state index in [2.05, 4.69) is 25.8 Å². The van der Waals surface area contributed by atoms with E-state index in [1.54, 1.807) is 36.4 Å². The van der Waals surface area contributed by atoms with Crippen LogP contribution in [0.1, 0.15) is 5.56 Å². The molecule has 0 aromatic heterocycles. The van der Waals surface area contributed by atoms with Gasteiger partial charge in [-0.15, -0.1) is 10.2 Å². The first-order chi connectivity index (χ1) is 19.3. The minimum absolute atomic E-state index is 0.0187. The number of nitrogens with zero attached hydrogens (tertiary/aromatic N) is 4. The first kappa shape index (κ1) is 26.5. The molecule has 10 nitrogen and oxygen atoms in total. The number of nitrogens with one attached hydrogen (secondary N) is 1.